The minimum absolute atomic E-state index is 0.0224. The van der Waals surface area contributed by atoms with Gasteiger partial charge in [-0.15, -0.1) is 0 Å². The second kappa shape index (κ2) is 6.34. The van der Waals surface area contributed by atoms with Crippen molar-refractivity contribution in [3.05, 3.63) is 29.6 Å². The van der Waals surface area contributed by atoms with Crippen LogP contribution in [-0.2, 0) is 9.47 Å². The van der Waals surface area contributed by atoms with Crippen LogP contribution in [0.25, 0.3) is 0 Å². The molecule has 5 heteroatoms. The fraction of sp³-hybridized carbons (Fsp3) is 0.647. The number of piperidine rings is 1. The molecule has 0 unspecified atom stereocenters. The number of aryl methyl sites for hydroxylation is 1. The first-order chi connectivity index (χ1) is 10.6. The van der Waals surface area contributed by atoms with Crippen molar-refractivity contribution < 1.29 is 14.3 Å². The Morgan fingerprint density at radius 2 is 2.23 bits per heavy atom. The van der Waals surface area contributed by atoms with Gasteiger partial charge in [0.1, 0.15) is 5.69 Å². The van der Waals surface area contributed by atoms with Gasteiger partial charge < -0.3 is 14.4 Å². The van der Waals surface area contributed by atoms with E-state index >= 15 is 0 Å². The molecule has 1 aromatic heterocycles. The average Bonchev–Trinajstić information content (AvgIpc) is 2.91. The average molecular weight is 304 g/mol. The molecule has 1 spiro atoms. The second-order valence-corrected chi connectivity index (χ2v) is 6.29. The molecule has 22 heavy (non-hydrogen) atoms. The summed E-state index contributed by atoms with van der Waals surface area (Å²) in [5, 5.41) is 0. The van der Waals surface area contributed by atoms with E-state index in [1.54, 1.807) is 12.3 Å². The maximum Gasteiger partial charge on any atom is 0.272 e. The van der Waals surface area contributed by atoms with Gasteiger partial charge in [0, 0.05) is 32.3 Å². The standard InChI is InChI=1S/C17H24N2O3/c1-3-21-14-10-17(22-12-14)6-8-19(9-7-17)16(20)15-5-4-13(2)11-18-15/h4-5,11,14H,3,6-10,12H2,1-2H3/t14-/m1/s1. The van der Waals surface area contributed by atoms with E-state index in [1.807, 2.05) is 24.8 Å². The third kappa shape index (κ3) is 3.15. The van der Waals surface area contributed by atoms with Crippen LogP contribution in [-0.4, -0.2) is 53.8 Å². The molecule has 120 valence electrons. The maximum atomic E-state index is 12.5. The van der Waals surface area contributed by atoms with Crippen LogP contribution in [0.2, 0.25) is 0 Å². The Hall–Kier alpha value is -1.46. The molecule has 0 saturated carbocycles. The molecule has 2 saturated heterocycles. The molecule has 1 atom stereocenters. The van der Waals surface area contributed by atoms with Crippen LogP contribution in [0.15, 0.2) is 18.3 Å². The lowest BCUT2D eigenvalue weighted by atomic mass is 9.88. The largest absolute Gasteiger partial charge is 0.376 e. The zero-order valence-corrected chi connectivity index (χ0v) is 13.4. The van der Waals surface area contributed by atoms with Gasteiger partial charge in [-0.1, -0.05) is 6.07 Å². The summed E-state index contributed by atoms with van der Waals surface area (Å²) in [5.74, 6) is 0.0224. The van der Waals surface area contributed by atoms with Gasteiger partial charge in [0.05, 0.1) is 18.3 Å². The van der Waals surface area contributed by atoms with Crippen molar-refractivity contribution in [3.8, 4) is 0 Å². The Labute approximate surface area is 131 Å². The molecule has 0 aromatic carbocycles. The van der Waals surface area contributed by atoms with E-state index in [-0.39, 0.29) is 17.6 Å². The minimum atomic E-state index is -0.0860. The third-order valence-electron chi connectivity index (χ3n) is 4.67. The van der Waals surface area contributed by atoms with Crippen LogP contribution in [0, 0.1) is 6.92 Å². The summed E-state index contributed by atoms with van der Waals surface area (Å²) >= 11 is 0. The van der Waals surface area contributed by atoms with Gasteiger partial charge in [-0.2, -0.15) is 0 Å². The normalized spacial score (nSPS) is 23.9. The number of amides is 1. The second-order valence-electron chi connectivity index (χ2n) is 6.29. The van der Waals surface area contributed by atoms with Crippen LogP contribution in [0.3, 0.4) is 0 Å². The molecule has 5 nitrogen and oxygen atoms in total. The van der Waals surface area contributed by atoms with E-state index in [4.69, 9.17) is 9.47 Å². The van der Waals surface area contributed by atoms with E-state index < -0.39 is 0 Å². The third-order valence-corrected chi connectivity index (χ3v) is 4.67. The van der Waals surface area contributed by atoms with Crippen molar-refractivity contribution >= 4 is 5.91 Å². The van der Waals surface area contributed by atoms with Gasteiger partial charge in [-0.05, 0) is 38.3 Å². The first-order valence-electron chi connectivity index (χ1n) is 8.09. The van der Waals surface area contributed by atoms with Crippen molar-refractivity contribution in [2.45, 2.75) is 44.8 Å². The molecule has 1 amide bonds. The Kier molecular flexibility index (Phi) is 4.45. The summed E-state index contributed by atoms with van der Waals surface area (Å²) in [6.45, 7) is 6.86. The summed E-state index contributed by atoms with van der Waals surface area (Å²) in [6, 6.07) is 3.73. The first kappa shape index (κ1) is 15.4. The topological polar surface area (TPSA) is 51.7 Å². The van der Waals surface area contributed by atoms with Gasteiger partial charge in [-0.25, -0.2) is 0 Å². The number of likely N-dealkylation sites (tertiary alicyclic amines) is 1. The highest BCUT2D eigenvalue weighted by Crippen LogP contribution is 2.37. The van der Waals surface area contributed by atoms with Crippen molar-refractivity contribution in [2.75, 3.05) is 26.3 Å². The predicted molar refractivity (Wildman–Crippen MR) is 82.8 cm³/mol. The molecule has 0 radical (unpaired) electrons. The summed E-state index contributed by atoms with van der Waals surface area (Å²) in [4.78, 5) is 18.6. The number of carbonyl (C=O) groups excluding carboxylic acids is 1. The monoisotopic (exact) mass is 304 g/mol. The van der Waals surface area contributed by atoms with Crippen LogP contribution >= 0.6 is 0 Å². The number of hydrogen-bond acceptors (Lipinski definition) is 4. The quantitative estimate of drug-likeness (QED) is 0.859. The molecule has 1 aromatic rings. The van der Waals surface area contributed by atoms with E-state index in [2.05, 4.69) is 4.98 Å². The lowest BCUT2D eigenvalue weighted by Gasteiger charge is -2.38. The molecular weight excluding hydrogens is 280 g/mol. The highest BCUT2D eigenvalue weighted by atomic mass is 16.6. The van der Waals surface area contributed by atoms with Crippen LogP contribution in [0.5, 0.6) is 0 Å². The highest BCUT2D eigenvalue weighted by Gasteiger charge is 2.43. The van der Waals surface area contributed by atoms with Gasteiger partial charge in [0.2, 0.25) is 0 Å². The van der Waals surface area contributed by atoms with Gasteiger partial charge in [-0.3, -0.25) is 9.78 Å². The summed E-state index contributed by atoms with van der Waals surface area (Å²) in [7, 11) is 0. The van der Waals surface area contributed by atoms with Crippen LogP contribution in [0.4, 0.5) is 0 Å². The van der Waals surface area contributed by atoms with Crippen LogP contribution < -0.4 is 0 Å². The number of aromatic nitrogens is 1. The number of pyridine rings is 1. The molecule has 2 fully saturated rings. The number of carbonyl (C=O) groups is 1. The van der Waals surface area contributed by atoms with E-state index in [0.717, 1.165) is 44.5 Å². The lowest BCUT2D eigenvalue weighted by Crippen LogP contribution is -2.46. The molecular formula is C17H24N2O3. The zero-order chi connectivity index (χ0) is 15.6. The SMILES string of the molecule is CCO[C@H]1COC2(CCN(C(=O)c3ccc(C)cn3)CC2)C1. The molecule has 3 rings (SSSR count). The van der Waals surface area contributed by atoms with Crippen molar-refractivity contribution in [3.63, 3.8) is 0 Å². The number of ether oxygens (including phenoxy) is 2. The highest BCUT2D eigenvalue weighted by molar-refractivity contribution is 5.92. The van der Waals surface area contributed by atoms with Crippen molar-refractivity contribution in [1.29, 1.82) is 0 Å². The van der Waals surface area contributed by atoms with E-state index in [0.29, 0.717) is 12.3 Å². The fourth-order valence-electron chi connectivity index (χ4n) is 3.37. The van der Waals surface area contributed by atoms with Crippen LogP contribution in [0.1, 0.15) is 42.2 Å². The van der Waals surface area contributed by atoms with Crippen molar-refractivity contribution in [2.24, 2.45) is 0 Å². The Balaban J connectivity index is 1.58. The Bertz CT molecular complexity index is 521. The molecule has 0 bridgehead atoms. The van der Waals surface area contributed by atoms with E-state index in [1.165, 1.54) is 0 Å². The summed E-state index contributed by atoms with van der Waals surface area (Å²) in [5.41, 5.74) is 1.51. The maximum absolute atomic E-state index is 12.5. The minimum Gasteiger partial charge on any atom is -0.376 e. The molecule has 0 aliphatic carbocycles. The van der Waals surface area contributed by atoms with Gasteiger partial charge >= 0.3 is 0 Å². The number of rotatable bonds is 3. The van der Waals surface area contributed by atoms with Gasteiger partial charge in [0.15, 0.2) is 0 Å². The fourth-order valence-corrected chi connectivity index (χ4v) is 3.37. The summed E-state index contributed by atoms with van der Waals surface area (Å²) in [6.07, 6.45) is 4.67. The number of nitrogens with zero attached hydrogens (tertiary/aromatic N) is 2. The molecule has 3 heterocycles. The molecule has 2 aliphatic rings. The molecule has 2 aliphatic heterocycles. The smallest absolute Gasteiger partial charge is 0.272 e. The first-order valence-corrected chi connectivity index (χ1v) is 8.09. The summed E-state index contributed by atoms with van der Waals surface area (Å²) < 4.78 is 11.7. The lowest BCUT2D eigenvalue weighted by molar-refractivity contribution is -0.0408. The zero-order valence-electron chi connectivity index (χ0n) is 13.4. The predicted octanol–water partition coefficient (Wildman–Crippen LogP) is 2.19. The number of hydrogen-bond donors (Lipinski definition) is 0. The van der Waals surface area contributed by atoms with Gasteiger partial charge in [0.25, 0.3) is 5.91 Å². The van der Waals surface area contributed by atoms with Crippen molar-refractivity contribution in [1.82, 2.24) is 9.88 Å². The van der Waals surface area contributed by atoms with E-state index in [9.17, 15) is 4.79 Å². The Morgan fingerprint density at radius 1 is 1.45 bits per heavy atom. The molecule has 0 N–H and O–H groups in total. The Morgan fingerprint density at radius 3 is 2.86 bits per heavy atom.